The monoisotopic (exact) mass is 472 g/mol. The van der Waals surface area contributed by atoms with Gasteiger partial charge in [-0.2, -0.15) is 0 Å². The zero-order valence-electron chi connectivity index (χ0n) is 20.2. The number of thiophene rings is 1. The minimum absolute atomic E-state index is 0.0676. The molecule has 0 bridgehead atoms. The second-order valence-corrected chi connectivity index (χ2v) is 10.8. The van der Waals surface area contributed by atoms with E-state index in [0.717, 1.165) is 22.4 Å². The number of rotatable bonds is 11. The lowest BCUT2D eigenvalue weighted by molar-refractivity contribution is -0.141. The van der Waals surface area contributed by atoms with Crippen molar-refractivity contribution in [2.75, 3.05) is 13.1 Å². The summed E-state index contributed by atoms with van der Waals surface area (Å²) in [6.45, 7) is 7.75. The van der Waals surface area contributed by atoms with Crippen LogP contribution in [-0.2, 0) is 22.7 Å². The van der Waals surface area contributed by atoms with E-state index in [4.69, 9.17) is 0 Å². The van der Waals surface area contributed by atoms with Crippen LogP contribution in [0.5, 0.6) is 0 Å². The van der Waals surface area contributed by atoms with E-state index >= 15 is 0 Å². The molecule has 0 unspecified atom stereocenters. The van der Waals surface area contributed by atoms with Crippen LogP contribution < -0.4 is 0 Å². The molecule has 4 nitrogen and oxygen atoms in total. The van der Waals surface area contributed by atoms with Gasteiger partial charge in [0.15, 0.2) is 0 Å². The molecule has 1 heterocycles. The fraction of sp³-hybridized carbons (Fsp3) is 0.556. The minimum atomic E-state index is -0.290. The quantitative estimate of drug-likeness (QED) is 0.392. The van der Waals surface area contributed by atoms with Crippen LogP contribution in [-0.4, -0.2) is 34.7 Å². The summed E-state index contributed by atoms with van der Waals surface area (Å²) in [5.41, 5.74) is 2.03. The number of carbonyl (C=O) groups excluding carboxylic acids is 2. The van der Waals surface area contributed by atoms with Crippen molar-refractivity contribution in [2.24, 2.45) is 11.8 Å². The number of carbonyl (C=O) groups is 2. The lowest BCUT2D eigenvalue weighted by Crippen LogP contribution is -2.43. The molecule has 0 saturated heterocycles. The zero-order chi connectivity index (χ0) is 23.8. The van der Waals surface area contributed by atoms with Gasteiger partial charge in [0.05, 0.1) is 13.1 Å². The second-order valence-electron chi connectivity index (χ2n) is 9.76. The molecule has 0 atom stereocenters. The first kappa shape index (κ1) is 25.4. The number of hydrogen-bond acceptors (Lipinski definition) is 3. The molecule has 6 heteroatoms. The molecule has 2 aromatic rings. The summed E-state index contributed by atoms with van der Waals surface area (Å²) in [5.74, 6) is 0.669. The predicted molar refractivity (Wildman–Crippen MR) is 132 cm³/mol. The van der Waals surface area contributed by atoms with Crippen molar-refractivity contribution in [2.45, 2.75) is 72.4 Å². The molecule has 2 amide bonds. The van der Waals surface area contributed by atoms with Crippen LogP contribution >= 0.6 is 11.3 Å². The highest BCUT2D eigenvalue weighted by molar-refractivity contribution is 7.10. The Labute approximate surface area is 201 Å². The highest BCUT2D eigenvalue weighted by Gasteiger charge is 2.24. The van der Waals surface area contributed by atoms with E-state index in [-0.39, 0.29) is 24.2 Å². The van der Waals surface area contributed by atoms with Gasteiger partial charge >= 0.3 is 0 Å². The maximum Gasteiger partial charge on any atom is 0.242 e. The third kappa shape index (κ3) is 7.95. The number of amides is 2. The van der Waals surface area contributed by atoms with Crippen molar-refractivity contribution in [1.29, 1.82) is 0 Å². The van der Waals surface area contributed by atoms with Crippen molar-refractivity contribution in [3.8, 4) is 0 Å². The third-order valence-electron chi connectivity index (χ3n) is 6.45. The highest BCUT2D eigenvalue weighted by atomic mass is 32.1. The van der Waals surface area contributed by atoms with Crippen LogP contribution in [0.25, 0.3) is 0 Å². The maximum absolute atomic E-state index is 13.5. The number of aryl methyl sites for hydroxylation is 1. The summed E-state index contributed by atoms with van der Waals surface area (Å²) in [5, 5.41) is 2.03. The highest BCUT2D eigenvalue weighted by Crippen LogP contribution is 2.29. The summed E-state index contributed by atoms with van der Waals surface area (Å²) in [6, 6.07) is 8.33. The Hall–Kier alpha value is -2.21. The van der Waals surface area contributed by atoms with E-state index in [9.17, 15) is 14.0 Å². The molecule has 1 aliphatic rings. The van der Waals surface area contributed by atoms with E-state index in [1.54, 1.807) is 33.3 Å². The number of benzene rings is 1. The smallest absolute Gasteiger partial charge is 0.242 e. The average Bonchev–Trinajstić information content (AvgIpc) is 3.44. The largest absolute Gasteiger partial charge is 0.333 e. The number of hydrogen-bond donors (Lipinski definition) is 0. The van der Waals surface area contributed by atoms with Crippen LogP contribution in [0.2, 0.25) is 0 Å². The summed E-state index contributed by atoms with van der Waals surface area (Å²) in [6.07, 6.45) is 6.44. The third-order valence-corrected chi connectivity index (χ3v) is 7.46. The minimum Gasteiger partial charge on any atom is -0.333 e. The fourth-order valence-electron chi connectivity index (χ4n) is 4.53. The van der Waals surface area contributed by atoms with Gasteiger partial charge in [0.25, 0.3) is 0 Å². The lowest BCUT2D eigenvalue weighted by Gasteiger charge is -2.29. The molecular formula is C27H37FN2O2S. The molecule has 0 aliphatic heterocycles. The Morgan fingerprint density at radius 2 is 1.73 bits per heavy atom. The van der Waals surface area contributed by atoms with Gasteiger partial charge in [0, 0.05) is 24.4 Å². The van der Waals surface area contributed by atoms with Crippen molar-refractivity contribution >= 4 is 23.2 Å². The summed E-state index contributed by atoms with van der Waals surface area (Å²) in [4.78, 5) is 31.2. The zero-order valence-corrected chi connectivity index (χ0v) is 21.0. The Morgan fingerprint density at radius 1 is 1.03 bits per heavy atom. The van der Waals surface area contributed by atoms with Gasteiger partial charge in [-0.1, -0.05) is 51.7 Å². The van der Waals surface area contributed by atoms with E-state index in [1.165, 1.54) is 37.8 Å². The predicted octanol–water partition coefficient (Wildman–Crippen LogP) is 6.18. The van der Waals surface area contributed by atoms with Crippen LogP contribution in [0.15, 0.2) is 35.7 Å². The van der Waals surface area contributed by atoms with Gasteiger partial charge in [0.2, 0.25) is 11.8 Å². The molecule has 0 spiro atoms. The van der Waals surface area contributed by atoms with Crippen molar-refractivity contribution in [1.82, 2.24) is 9.80 Å². The molecule has 1 aliphatic carbocycles. The Morgan fingerprint density at radius 3 is 2.33 bits per heavy atom. The molecule has 0 radical (unpaired) electrons. The number of nitrogens with zero attached hydrogens (tertiary/aromatic N) is 2. The van der Waals surface area contributed by atoms with E-state index in [0.29, 0.717) is 37.9 Å². The molecular weight excluding hydrogens is 435 g/mol. The van der Waals surface area contributed by atoms with Crippen LogP contribution in [0.4, 0.5) is 4.39 Å². The summed E-state index contributed by atoms with van der Waals surface area (Å²) < 4.78 is 13.4. The van der Waals surface area contributed by atoms with Crippen LogP contribution in [0.1, 0.15) is 68.4 Å². The van der Waals surface area contributed by atoms with Crippen molar-refractivity contribution in [3.05, 3.63) is 57.5 Å². The van der Waals surface area contributed by atoms with E-state index in [1.807, 2.05) is 12.3 Å². The molecule has 1 fully saturated rings. The first-order valence-electron chi connectivity index (χ1n) is 12.1. The first-order valence-corrected chi connectivity index (χ1v) is 13.0. The fourth-order valence-corrected chi connectivity index (χ4v) is 5.45. The van der Waals surface area contributed by atoms with Gasteiger partial charge in [-0.25, -0.2) is 4.39 Å². The topological polar surface area (TPSA) is 40.6 Å². The standard InChI is InChI=1S/C27H37FN2O2S/c1-20(2)16-29(26(31)13-10-22-6-4-5-7-22)19-27(32)30(18-25-21(3)14-15-33-25)17-23-8-11-24(28)12-9-23/h8-9,11-12,14-15,20,22H,4-7,10,13,16-19H2,1-3H3. The van der Waals surface area contributed by atoms with Gasteiger partial charge in [-0.3, -0.25) is 9.59 Å². The maximum atomic E-state index is 13.5. The second kappa shape index (κ2) is 12.3. The molecule has 1 saturated carbocycles. The SMILES string of the molecule is Cc1ccsc1CN(Cc1ccc(F)cc1)C(=O)CN(CC(C)C)C(=O)CCC1CCCC1. The van der Waals surface area contributed by atoms with Gasteiger partial charge in [-0.05, 0) is 59.9 Å². The molecule has 1 aromatic heterocycles. The molecule has 1 aromatic carbocycles. The number of halogens is 1. The Kier molecular flexibility index (Phi) is 9.48. The Balaban J connectivity index is 1.70. The molecule has 3 rings (SSSR count). The average molecular weight is 473 g/mol. The van der Waals surface area contributed by atoms with E-state index < -0.39 is 0 Å². The van der Waals surface area contributed by atoms with Crippen LogP contribution in [0, 0.1) is 24.6 Å². The van der Waals surface area contributed by atoms with Crippen molar-refractivity contribution in [3.63, 3.8) is 0 Å². The lowest BCUT2D eigenvalue weighted by atomic mass is 10.0. The van der Waals surface area contributed by atoms with Gasteiger partial charge in [0.1, 0.15) is 5.82 Å². The molecule has 180 valence electrons. The van der Waals surface area contributed by atoms with Crippen LogP contribution in [0.3, 0.4) is 0 Å². The summed E-state index contributed by atoms with van der Waals surface area (Å²) in [7, 11) is 0. The normalized spacial score (nSPS) is 14.1. The molecule has 33 heavy (non-hydrogen) atoms. The van der Waals surface area contributed by atoms with Gasteiger partial charge < -0.3 is 9.80 Å². The molecule has 0 N–H and O–H groups in total. The first-order chi connectivity index (χ1) is 15.8. The van der Waals surface area contributed by atoms with Gasteiger partial charge in [-0.15, -0.1) is 11.3 Å². The van der Waals surface area contributed by atoms with Crippen molar-refractivity contribution < 1.29 is 14.0 Å². The van der Waals surface area contributed by atoms with E-state index in [2.05, 4.69) is 19.9 Å². The summed E-state index contributed by atoms with van der Waals surface area (Å²) >= 11 is 1.63. The Bertz CT molecular complexity index is 903.